The molecule has 68 heavy (non-hydrogen) atoms. The summed E-state index contributed by atoms with van der Waals surface area (Å²) in [6.45, 7) is 4.74. The maximum absolute atomic E-state index is 12.8. The largest absolute Gasteiger partial charge is 0.545 e. The average molecular weight is 963 g/mol. The van der Waals surface area contributed by atoms with Gasteiger partial charge in [0.25, 0.3) is 0 Å². The standard InChI is InChI=1S/C59H111NO8/c1-6-8-10-12-14-16-18-20-22-23-24-25-26-27-28-29-30-31-32-33-34-36-37-39-41-43-45-47-49-56(61)66-53-55(54-67-59(58(63)64)65-52-51-60(3,4)5)68-57(62)50-48-46-44-42-40-38-35-21-19-17-15-13-11-9-7-2/h15,17,21,35,55,59H,6-14,16,18-20,22-34,36-54H2,1-5H3/b17-15-,35-21-. The molecule has 0 aliphatic heterocycles. The van der Waals surface area contributed by atoms with Gasteiger partial charge < -0.3 is 33.3 Å². The summed E-state index contributed by atoms with van der Waals surface area (Å²) in [7, 11) is 5.92. The third-order valence-corrected chi connectivity index (χ3v) is 13.0. The van der Waals surface area contributed by atoms with E-state index >= 15 is 0 Å². The number of rotatable bonds is 54. The number of unbranched alkanes of at least 4 members (excludes halogenated alkanes) is 35. The highest BCUT2D eigenvalue weighted by atomic mass is 16.7. The number of hydrogen-bond acceptors (Lipinski definition) is 8. The second-order valence-electron chi connectivity index (χ2n) is 20.9. The summed E-state index contributed by atoms with van der Waals surface area (Å²) < 4.78 is 22.7. The molecule has 0 aliphatic rings. The predicted molar refractivity (Wildman–Crippen MR) is 283 cm³/mol. The molecule has 0 fully saturated rings. The van der Waals surface area contributed by atoms with Gasteiger partial charge in [0.05, 0.1) is 40.3 Å². The molecule has 0 aliphatic carbocycles. The number of carboxylic acids is 1. The first-order valence-corrected chi connectivity index (χ1v) is 29.0. The minimum absolute atomic E-state index is 0.147. The quantitative estimate of drug-likeness (QED) is 0.0195. The van der Waals surface area contributed by atoms with Gasteiger partial charge in [-0.2, -0.15) is 0 Å². The number of carbonyl (C=O) groups excluding carboxylic acids is 3. The van der Waals surface area contributed by atoms with E-state index in [1.165, 1.54) is 186 Å². The van der Waals surface area contributed by atoms with Crippen molar-refractivity contribution in [2.45, 2.75) is 289 Å². The number of nitrogens with zero attached hydrogens (tertiary/aromatic N) is 1. The number of aliphatic carboxylic acids is 1. The molecule has 0 amide bonds. The smallest absolute Gasteiger partial charge is 0.306 e. The van der Waals surface area contributed by atoms with E-state index in [9.17, 15) is 19.5 Å². The van der Waals surface area contributed by atoms with Crippen molar-refractivity contribution in [2.24, 2.45) is 0 Å². The maximum atomic E-state index is 12.8. The molecule has 2 atom stereocenters. The lowest BCUT2D eigenvalue weighted by molar-refractivity contribution is -0.870. The van der Waals surface area contributed by atoms with Gasteiger partial charge >= 0.3 is 11.9 Å². The molecular weight excluding hydrogens is 851 g/mol. The number of carbonyl (C=O) groups is 3. The number of ether oxygens (including phenoxy) is 4. The number of allylic oxidation sites excluding steroid dienone is 4. The Morgan fingerprint density at radius 2 is 0.794 bits per heavy atom. The third-order valence-electron chi connectivity index (χ3n) is 13.0. The molecule has 0 aromatic carbocycles. The fraction of sp³-hybridized carbons (Fsp3) is 0.881. The molecule has 0 saturated carbocycles. The summed E-state index contributed by atoms with van der Waals surface area (Å²) in [6.07, 6.45) is 56.7. The molecule has 0 saturated heterocycles. The minimum atomic E-state index is -1.62. The molecule has 0 bridgehead atoms. The van der Waals surface area contributed by atoms with Crippen LogP contribution in [0.1, 0.15) is 277 Å². The highest BCUT2D eigenvalue weighted by Gasteiger charge is 2.22. The van der Waals surface area contributed by atoms with Crippen LogP contribution in [0.2, 0.25) is 0 Å². The van der Waals surface area contributed by atoms with E-state index in [0.717, 1.165) is 57.8 Å². The van der Waals surface area contributed by atoms with Crippen molar-refractivity contribution in [1.82, 2.24) is 0 Å². The summed E-state index contributed by atoms with van der Waals surface area (Å²) in [6, 6.07) is 0. The van der Waals surface area contributed by atoms with Crippen LogP contribution < -0.4 is 5.11 Å². The van der Waals surface area contributed by atoms with Crippen LogP contribution in [0.15, 0.2) is 24.3 Å². The van der Waals surface area contributed by atoms with E-state index in [4.69, 9.17) is 18.9 Å². The molecule has 0 aromatic heterocycles. The Bertz CT molecular complexity index is 1170. The monoisotopic (exact) mass is 962 g/mol. The van der Waals surface area contributed by atoms with Crippen LogP contribution >= 0.6 is 0 Å². The van der Waals surface area contributed by atoms with Crippen molar-refractivity contribution in [1.29, 1.82) is 0 Å². The zero-order valence-corrected chi connectivity index (χ0v) is 45.5. The number of esters is 2. The van der Waals surface area contributed by atoms with E-state index in [1.54, 1.807) is 0 Å². The molecule has 0 N–H and O–H groups in total. The molecule has 2 unspecified atom stereocenters. The Hall–Kier alpha value is -2.23. The zero-order chi connectivity index (χ0) is 49.9. The Labute approximate surface area is 420 Å². The molecule has 0 spiro atoms. The van der Waals surface area contributed by atoms with Crippen molar-refractivity contribution < 1.29 is 42.9 Å². The van der Waals surface area contributed by atoms with E-state index in [1.807, 2.05) is 21.1 Å². The fourth-order valence-electron chi connectivity index (χ4n) is 8.45. The van der Waals surface area contributed by atoms with Gasteiger partial charge in [0.15, 0.2) is 12.4 Å². The van der Waals surface area contributed by atoms with Gasteiger partial charge in [-0.15, -0.1) is 0 Å². The van der Waals surface area contributed by atoms with Gasteiger partial charge in [0, 0.05) is 12.8 Å². The lowest BCUT2D eigenvalue weighted by Gasteiger charge is -2.26. The second kappa shape index (κ2) is 51.1. The van der Waals surface area contributed by atoms with E-state index < -0.39 is 24.3 Å². The molecule has 0 heterocycles. The second-order valence-corrected chi connectivity index (χ2v) is 20.9. The molecule has 9 heteroatoms. The Morgan fingerprint density at radius 1 is 0.441 bits per heavy atom. The van der Waals surface area contributed by atoms with Crippen LogP contribution in [-0.2, 0) is 33.3 Å². The van der Waals surface area contributed by atoms with E-state index in [2.05, 4.69) is 38.2 Å². The number of carboxylic acid groups (broad SMARTS) is 1. The summed E-state index contributed by atoms with van der Waals surface area (Å²) in [5.74, 6) is -2.29. The summed E-state index contributed by atoms with van der Waals surface area (Å²) in [5, 5.41) is 11.7. The predicted octanol–water partition coefficient (Wildman–Crippen LogP) is 15.4. The molecule has 0 radical (unpaired) electrons. The van der Waals surface area contributed by atoms with Gasteiger partial charge in [-0.25, -0.2) is 0 Å². The first-order chi connectivity index (χ1) is 33.1. The van der Waals surface area contributed by atoms with Gasteiger partial charge in [-0.1, -0.05) is 244 Å². The van der Waals surface area contributed by atoms with Crippen molar-refractivity contribution in [2.75, 3.05) is 47.5 Å². The van der Waals surface area contributed by atoms with Crippen molar-refractivity contribution in [3.63, 3.8) is 0 Å². The van der Waals surface area contributed by atoms with Crippen molar-refractivity contribution in [3.8, 4) is 0 Å². The number of likely N-dealkylation sites (N-methyl/N-ethyl adjacent to an activating group) is 1. The van der Waals surface area contributed by atoms with E-state index in [-0.39, 0.29) is 32.2 Å². The molecule has 400 valence electrons. The Kier molecular flexibility index (Phi) is 49.5. The SMILES string of the molecule is CCCCC/C=C\C/C=C\CCCCCCCC(=O)OC(COC(=O)CCCCCCCCCCCCCCCCCCCCCCCCCCCCCC)COC(OCC[N+](C)(C)C)C(=O)[O-]. The maximum Gasteiger partial charge on any atom is 0.306 e. The van der Waals surface area contributed by atoms with Crippen LogP contribution in [0.3, 0.4) is 0 Å². The van der Waals surface area contributed by atoms with Gasteiger partial charge in [-0.05, 0) is 44.9 Å². The lowest BCUT2D eigenvalue weighted by atomic mass is 10.0. The molecule has 9 nitrogen and oxygen atoms in total. The van der Waals surface area contributed by atoms with Crippen LogP contribution in [0.25, 0.3) is 0 Å². The minimum Gasteiger partial charge on any atom is -0.545 e. The van der Waals surface area contributed by atoms with Gasteiger partial charge in [-0.3, -0.25) is 9.59 Å². The van der Waals surface area contributed by atoms with Crippen molar-refractivity contribution in [3.05, 3.63) is 24.3 Å². The fourth-order valence-corrected chi connectivity index (χ4v) is 8.45. The highest BCUT2D eigenvalue weighted by molar-refractivity contribution is 5.70. The summed E-state index contributed by atoms with van der Waals surface area (Å²) >= 11 is 0. The van der Waals surface area contributed by atoms with E-state index in [0.29, 0.717) is 23.9 Å². The molecule has 0 rings (SSSR count). The lowest BCUT2D eigenvalue weighted by Crippen LogP contribution is -2.44. The van der Waals surface area contributed by atoms with Crippen LogP contribution in [-0.4, -0.2) is 82.3 Å². The first kappa shape index (κ1) is 65.8. The van der Waals surface area contributed by atoms with Crippen LogP contribution in [0.5, 0.6) is 0 Å². The van der Waals surface area contributed by atoms with Crippen LogP contribution in [0, 0.1) is 0 Å². The summed E-state index contributed by atoms with van der Waals surface area (Å²) in [5.41, 5.74) is 0. The number of hydrogen-bond donors (Lipinski definition) is 0. The summed E-state index contributed by atoms with van der Waals surface area (Å²) in [4.78, 5) is 37.2. The Balaban J connectivity index is 4.12. The topological polar surface area (TPSA) is 111 Å². The molecular formula is C59H111NO8. The van der Waals surface area contributed by atoms with Crippen molar-refractivity contribution >= 4 is 17.9 Å². The highest BCUT2D eigenvalue weighted by Crippen LogP contribution is 2.17. The first-order valence-electron chi connectivity index (χ1n) is 29.0. The zero-order valence-electron chi connectivity index (χ0n) is 45.5. The third kappa shape index (κ3) is 51.6. The van der Waals surface area contributed by atoms with Gasteiger partial charge in [0.1, 0.15) is 13.2 Å². The normalized spacial score (nSPS) is 12.9. The Morgan fingerprint density at radius 3 is 1.19 bits per heavy atom. The average Bonchev–Trinajstić information content (AvgIpc) is 3.30. The van der Waals surface area contributed by atoms with Gasteiger partial charge in [0.2, 0.25) is 0 Å². The van der Waals surface area contributed by atoms with Crippen LogP contribution in [0.4, 0.5) is 0 Å². The molecule has 0 aromatic rings. The number of quaternary nitrogens is 1.